The number of benzene rings is 1. The van der Waals surface area contributed by atoms with Gasteiger partial charge in [-0.2, -0.15) is 0 Å². The summed E-state index contributed by atoms with van der Waals surface area (Å²) in [6.45, 7) is 5.55. The zero-order valence-electron chi connectivity index (χ0n) is 18.5. The maximum absolute atomic E-state index is 12.5. The number of carbonyl (C=O) groups excluding carboxylic acids is 3. The number of carbonyl (C=O) groups is 3. The second-order valence-electron chi connectivity index (χ2n) is 6.83. The van der Waals surface area contributed by atoms with Crippen molar-refractivity contribution in [2.24, 2.45) is 0 Å². The Labute approximate surface area is 192 Å². The molecule has 0 bridgehead atoms. The predicted molar refractivity (Wildman–Crippen MR) is 119 cm³/mol. The molecule has 0 aliphatic heterocycles. The van der Waals surface area contributed by atoms with E-state index in [1.165, 1.54) is 36.4 Å². The number of pyridine rings is 1. The van der Waals surface area contributed by atoms with Gasteiger partial charge in [-0.15, -0.1) is 0 Å². The van der Waals surface area contributed by atoms with Crippen LogP contribution in [0.4, 0.5) is 0 Å². The average Bonchev–Trinajstić information content (AvgIpc) is 2.82. The molecule has 0 aliphatic carbocycles. The molecule has 1 heterocycles. The summed E-state index contributed by atoms with van der Waals surface area (Å²) in [5, 5.41) is 2.72. The fourth-order valence-corrected chi connectivity index (χ4v) is 3.54. The molecule has 1 aromatic carbocycles. The number of nitrogens with one attached hydrogen (secondary N) is 2. The maximum atomic E-state index is 12.5. The van der Waals surface area contributed by atoms with Crippen LogP contribution in [0.15, 0.2) is 47.5 Å². The van der Waals surface area contributed by atoms with Gasteiger partial charge in [0.05, 0.1) is 17.1 Å². The summed E-state index contributed by atoms with van der Waals surface area (Å²) in [4.78, 5) is 39.9. The first kappa shape index (κ1) is 25.9. The molecular weight excluding hydrogens is 450 g/mol. The molecule has 33 heavy (non-hydrogen) atoms. The first-order chi connectivity index (χ1) is 15.8. The lowest BCUT2D eigenvalue weighted by molar-refractivity contribution is 0.0497. The Hall–Kier alpha value is -3.31. The van der Waals surface area contributed by atoms with Crippen molar-refractivity contribution in [1.82, 2.24) is 15.0 Å². The summed E-state index contributed by atoms with van der Waals surface area (Å²) in [5.41, 5.74) is 0.245. The minimum atomic E-state index is -4.18. The Kier molecular flexibility index (Phi) is 9.95. The van der Waals surface area contributed by atoms with Gasteiger partial charge in [0.1, 0.15) is 5.69 Å². The second-order valence-corrected chi connectivity index (χ2v) is 8.52. The Bertz CT molecular complexity index is 1050. The van der Waals surface area contributed by atoms with E-state index in [0.29, 0.717) is 32.6 Å². The monoisotopic (exact) mass is 477 g/mol. The van der Waals surface area contributed by atoms with E-state index in [9.17, 15) is 22.8 Å². The molecule has 2 aromatic rings. The van der Waals surface area contributed by atoms with E-state index in [1.54, 1.807) is 0 Å². The Balaban J connectivity index is 1.97. The molecule has 10 nitrogen and oxygen atoms in total. The molecule has 1 aromatic heterocycles. The summed E-state index contributed by atoms with van der Waals surface area (Å²) in [6.07, 6.45) is 2.41. The number of aromatic nitrogens is 1. The number of ether oxygens (including phenoxy) is 2. The molecule has 178 valence electrons. The summed E-state index contributed by atoms with van der Waals surface area (Å²) < 4.78 is 37.1. The highest BCUT2D eigenvalue weighted by molar-refractivity contribution is 7.90. The fraction of sp³-hybridized carbons (Fsp3) is 0.364. The third kappa shape index (κ3) is 7.95. The molecule has 2 rings (SSSR count). The lowest BCUT2D eigenvalue weighted by Crippen LogP contribution is -2.31. The molecular formula is C22H27N3O7S. The van der Waals surface area contributed by atoms with Gasteiger partial charge in [0, 0.05) is 31.5 Å². The normalized spacial score (nSPS) is 11.0. The highest BCUT2D eigenvalue weighted by Gasteiger charge is 2.20. The van der Waals surface area contributed by atoms with Gasteiger partial charge >= 0.3 is 5.97 Å². The van der Waals surface area contributed by atoms with Gasteiger partial charge in [-0.05, 0) is 56.2 Å². The third-order valence-electron chi connectivity index (χ3n) is 4.28. The first-order valence-electron chi connectivity index (χ1n) is 10.4. The smallest absolute Gasteiger partial charge is 0.356 e. The number of nitrogens with zero attached hydrogens (tertiary/aromatic N) is 1. The highest BCUT2D eigenvalue weighted by Crippen LogP contribution is 2.12. The van der Waals surface area contributed by atoms with Gasteiger partial charge in [-0.25, -0.2) is 22.9 Å². The topological polar surface area (TPSA) is 141 Å². The molecule has 0 atom stereocenters. The number of sulfonamides is 1. The van der Waals surface area contributed by atoms with Gasteiger partial charge in [-0.3, -0.25) is 9.59 Å². The minimum absolute atomic E-state index is 0.00890. The van der Waals surface area contributed by atoms with Gasteiger partial charge in [-0.1, -0.05) is 6.92 Å². The zero-order valence-corrected chi connectivity index (χ0v) is 19.3. The van der Waals surface area contributed by atoms with Crippen molar-refractivity contribution in [3.8, 4) is 0 Å². The number of hydrogen-bond acceptors (Lipinski definition) is 8. The molecule has 0 spiro atoms. The quantitative estimate of drug-likeness (QED) is 0.349. The average molecular weight is 478 g/mol. The molecule has 0 saturated heterocycles. The lowest BCUT2D eigenvalue weighted by atomic mass is 10.2. The van der Waals surface area contributed by atoms with Crippen molar-refractivity contribution in [3.63, 3.8) is 0 Å². The van der Waals surface area contributed by atoms with Crippen LogP contribution in [-0.4, -0.2) is 57.6 Å². The first-order valence-corrected chi connectivity index (χ1v) is 11.9. The summed E-state index contributed by atoms with van der Waals surface area (Å²) >= 11 is 0. The Morgan fingerprint density at radius 3 is 2.24 bits per heavy atom. The van der Waals surface area contributed by atoms with Crippen LogP contribution in [0.3, 0.4) is 0 Å². The summed E-state index contributed by atoms with van der Waals surface area (Å²) in [5.74, 6) is -1.88. The maximum Gasteiger partial charge on any atom is 0.356 e. The molecule has 0 aliphatic rings. The molecule has 0 radical (unpaired) electrons. The number of esters is 1. The Morgan fingerprint density at radius 2 is 1.64 bits per heavy atom. The second kappa shape index (κ2) is 12.7. The van der Waals surface area contributed by atoms with Crippen molar-refractivity contribution in [1.29, 1.82) is 0 Å². The number of hydrogen-bond donors (Lipinski definition) is 2. The van der Waals surface area contributed by atoms with Gasteiger partial charge in [0.25, 0.3) is 21.8 Å². The SMILES string of the molecule is CCCOC(=O)c1ccc(C(=O)NS(=O)(=O)c2ccc(C(=O)NCCCOCC)cc2)cn1. The van der Waals surface area contributed by atoms with Crippen LogP contribution >= 0.6 is 0 Å². The van der Waals surface area contributed by atoms with E-state index >= 15 is 0 Å². The van der Waals surface area contributed by atoms with Crippen molar-refractivity contribution < 1.29 is 32.3 Å². The van der Waals surface area contributed by atoms with Crippen LogP contribution in [0.5, 0.6) is 0 Å². The molecule has 0 fully saturated rings. The highest BCUT2D eigenvalue weighted by atomic mass is 32.2. The van der Waals surface area contributed by atoms with Crippen molar-refractivity contribution in [3.05, 3.63) is 59.4 Å². The predicted octanol–water partition coefficient (Wildman–Crippen LogP) is 1.92. The van der Waals surface area contributed by atoms with E-state index in [1.807, 2.05) is 18.6 Å². The van der Waals surface area contributed by atoms with Crippen molar-refractivity contribution in [2.45, 2.75) is 31.6 Å². The zero-order chi connectivity index (χ0) is 24.3. The molecule has 2 amide bonds. The standard InChI is InChI=1S/C22H27N3O7S/c1-3-13-32-22(28)19-11-8-17(15-24-19)21(27)25-33(29,30)18-9-6-16(7-10-18)20(26)23-12-5-14-31-4-2/h6-11,15H,3-5,12-14H2,1-2H3,(H,23,26)(H,25,27). The number of rotatable bonds is 12. The Morgan fingerprint density at radius 1 is 0.939 bits per heavy atom. The van der Waals surface area contributed by atoms with Gasteiger partial charge in [0.2, 0.25) is 0 Å². The van der Waals surface area contributed by atoms with Crippen molar-refractivity contribution in [2.75, 3.05) is 26.4 Å². The molecule has 0 unspecified atom stereocenters. The summed E-state index contributed by atoms with van der Waals surface area (Å²) in [7, 11) is -4.18. The van der Waals surface area contributed by atoms with Crippen LogP contribution in [0.25, 0.3) is 0 Å². The van der Waals surface area contributed by atoms with Crippen LogP contribution in [-0.2, 0) is 19.5 Å². The summed E-state index contributed by atoms with van der Waals surface area (Å²) in [6, 6.07) is 7.73. The molecule has 2 N–H and O–H groups in total. The van der Waals surface area contributed by atoms with E-state index in [-0.39, 0.29) is 34.2 Å². The van der Waals surface area contributed by atoms with Crippen molar-refractivity contribution >= 4 is 27.8 Å². The molecule has 0 saturated carbocycles. The number of amides is 2. The lowest BCUT2D eigenvalue weighted by Gasteiger charge is -2.09. The van der Waals surface area contributed by atoms with E-state index < -0.39 is 21.9 Å². The van der Waals surface area contributed by atoms with Crippen LogP contribution in [0, 0.1) is 0 Å². The third-order valence-corrected chi connectivity index (χ3v) is 5.63. The van der Waals surface area contributed by atoms with Crippen LogP contribution < -0.4 is 10.0 Å². The van der Waals surface area contributed by atoms with Gasteiger partial charge < -0.3 is 14.8 Å². The van der Waals surface area contributed by atoms with E-state index in [0.717, 1.165) is 6.20 Å². The van der Waals surface area contributed by atoms with Gasteiger partial charge in [0.15, 0.2) is 0 Å². The molecule has 11 heteroatoms. The largest absolute Gasteiger partial charge is 0.461 e. The van der Waals surface area contributed by atoms with Crippen LogP contribution in [0.2, 0.25) is 0 Å². The van der Waals surface area contributed by atoms with E-state index in [4.69, 9.17) is 9.47 Å². The van der Waals surface area contributed by atoms with E-state index in [2.05, 4.69) is 10.3 Å². The van der Waals surface area contributed by atoms with Crippen LogP contribution in [0.1, 0.15) is 57.9 Å². The minimum Gasteiger partial charge on any atom is -0.461 e. The fourth-order valence-electron chi connectivity index (χ4n) is 2.57.